The largest absolute Gasteiger partial charge is 0.306 e. The molecular formula is C21H25N3O2S. The molecule has 4 rings (SSSR count). The fourth-order valence-corrected chi connectivity index (χ4v) is 5.79. The minimum Gasteiger partial charge on any atom is -0.306 e. The molecule has 0 radical (unpaired) electrons. The van der Waals surface area contributed by atoms with Gasteiger partial charge in [-0.3, -0.25) is 0 Å². The van der Waals surface area contributed by atoms with Crippen LogP contribution in [0.4, 0.5) is 0 Å². The summed E-state index contributed by atoms with van der Waals surface area (Å²) >= 11 is 0. The Morgan fingerprint density at radius 1 is 1.07 bits per heavy atom. The lowest BCUT2D eigenvalue weighted by Crippen LogP contribution is -2.42. The van der Waals surface area contributed by atoms with Crippen molar-refractivity contribution in [2.24, 2.45) is 11.8 Å². The number of benzene rings is 1. The molecule has 1 aromatic carbocycles. The number of rotatable bonds is 3. The van der Waals surface area contributed by atoms with Gasteiger partial charge in [0.15, 0.2) is 0 Å². The number of aromatic nitrogens is 2. The smallest absolute Gasteiger partial charge is 0.243 e. The van der Waals surface area contributed by atoms with Gasteiger partial charge in [0.1, 0.15) is 5.65 Å². The summed E-state index contributed by atoms with van der Waals surface area (Å²) in [5, 5.41) is 0. The number of pyridine rings is 1. The van der Waals surface area contributed by atoms with E-state index in [0.717, 1.165) is 28.9 Å². The first-order valence-corrected chi connectivity index (χ1v) is 10.8. The first kappa shape index (κ1) is 18.2. The molecule has 0 unspecified atom stereocenters. The molecule has 0 amide bonds. The van der Waals surface area contributed by atoms with Gasteiger partial charge in [-0.05, 0) is 48.9 Å². The molecule has 2 atom stereocenters. The first-order chi connectivity index (χ1) is 12.8. The maximum absolute atomic E-state index is 13.2. The molecule has 1 saturated heterocycles. The third-order valence-corrected chi connectivity index (χ3v) is 7.11. The summed E-state index contributed by atoms with van der Waals surface area (Å²) < 4.78 is 30.0. The summed E-state index contributed by atoms with van der Waals surface area (Å²) in [5.74, 6) is 0.765. The van der Waals surface area contributed by atoms with Gasteiger partial charge in [0.2, 0.25) is 10.0 Å². The highest BCUT2D eigenvalue weighted by molar-refractivity contribution is 7.89. The molecule has 6 heteroatoms. The van der Waals surface area contributed by atoms with E-state index in [1.165, 1.54) is 0 Å². The molecule has 5 nitrogen and oxygen atoms in total. The van der Waals surface area contributed by atoms with Gasteiger partial charge in [-0.25, -0.2) is 13.4 Å². The molecular weight excluding hydrogens is 358 g/mol. The van der Waals surface area contributed by atoms with Crippen molar-refractivity contribution in [2.75, 3.05) is 13.1 Å². The summed E-state index contributed by atoms with van der Waals surface area (Å²) in [4.78, 5) is 5.04. The van der Waals surface area contributed by atoms with E-state index < -0.39 is 10.0 Å². The number of imidazole rings is 1. The monoisotopic (exact) mass is 383 g/mol. The zero-order chi connectivity index (χ0) is 19.2. The third-order valence-electron chi connectivity index (χ3n) is 5.28. The summed E-state index contributed by atoms with van der Waals surface area (Å²) in [6, 6.07) is 11.1. The Labute approximate surface area is 160 Å². The Morgan fingerprint density at radius 3 is 2.52 bits per heavy atom. The van der Waals surface area contributed by atoms with Crippen LogP contribution >= 0.6 is 0 Å². The lowest BCUT2D eigenvalue weighted by atomic mass is 9.94. The van der Waals surface area contributed by atoms with Crippen LogP contribution in [0.15, 0.2) is 53.7 Å². The Kier molecular flexibility index (Phi) is 4.56. The molecule has 0 aliphatic carbocycles. The maximum atomic E-state index is 13.2. The number of hydrogen-bond acceptors (Lipinski definition) is 3. The van der Waals surface area contributed by atoms with E-state index in [4.69, 9.17) is 4.98 Å². The molecule has 0 spiro atoms. The van der Waals surface area contributed by atoms with Crippen molar-refractivity contribution in [3.05, 3.63) is 54.4 Å². The van der Waals surface area contributed by atoms with Gasteiger partial charge >= 0.3 is 0 Å². The number of sulfonamides is 1. The van der Waals surface area contributed by atoms with E-state index in [1.54, 1.807) is 22.5 Å². The first-order valence-electron chi connectivity index (χ1n) is 9.39. The Bertz CT molecular complexity index is 1080. The van der Waals surface area contributed by atoms with Crippen molar-refractivity contribution in [1.82, 2.24) is 13.7 Å². The maximum Gasteiger partial charge on any atom is 0.243 e. The zero-order valence-electron chi connectivity index (χ0n) is 16.0. The highest BCUT2D eigenvalue weighted by Gasteiger charge is 2.31. The summed E-state index contributed by atoms with van der Waals surface area (Å²) in [6.07, 6.45) is 4.97. The third kappa shape index (κ3) is 3.39. The van der Waals surface area contributed by atoms with Crippen molar-refractivity contribution in [3.8, 4) is 11.3 Å². The van der Waals surface area contributed by atoms with Gasteiger partial charge in [-0.1, -0.05) is 32.0 Å². The summed E-state index contributed by atoms with van der Waals surface area (Å²) in [6.45, 7) is 7.43. The lowest BCUT2D eigenvalue weighted by molar-refractivity contribution is 0.222. The highest BCUT2D eigenvalue weighted by Crippen LogP contribution is 2.29. The zero-order valence-corrected chi connectivity index (χ0v) is 16.8. The van der Waals surface area contributed by atoms with Gasteiger partial charge in [-0.15, -0.1) is 0 Å². The van der Waals surface area contributed by atoms with Crippen LogP contribution in [0.3, 0.4) is 0 Å². The highest BCUT2D eigenvalue weighted by atomic mass is 32.2. The van der Waals surface area contributed by atoms with Gasteiger partial charge in [0, 0.05) is 31.0 Å². The fraction of sp³-hybridized carbons (Fsp3) is 0.381. The summed E-state index contributed by atoms with van der Waals surface area (Å²) in [7, 11) is -3.50. The van der Waals surface area contributed by atoms with Gasteiger partial charge in [-0.2, -0.15) is 4.31 Å². The predicted octanol–water partition coefficient (Wildman–Crippen LogP) is 3.98. The quantitative estimate of drug-likeness (QED) is 0.687. The van der Waals surface area contributed by atoms with Crippen LogP contribution in [-0.4, -0.2) is 35.2 Å². The summed E-state index contributed by atoms with van der Waals surface area (Å²) in [5.41, 5.74) is 3.57. The van der Waals surface area contributed by atoms with Crippen molar-refractivity contribution >= 4 is 15.7 Å². The number of fused-ring (bicyclic) bond motifs is 1. The molecule has 2 aromatic heterocycles. The van der Waals surface area contributed by atoms with E-state index >= 15 is 0 Å². The molecule has 3 heterocycles. The van der Waals surface area contributed by atoms with Gasteiger partial charge < -0.3 is 4.40 Å². The number of hydrogen-bond donors (Lipinski definition) is 0. The Morgan fingerprint density at radius 2 is 1.81 bits per heavy atom. The van der Waals surface area contributed by atoms with Crippen LogP contribution in [0, 0.1) is 18.8 Å². The molecule has 1 aliphatic heterocycles. The van der Waals surface area contributed by atoms with E-state index in [-0.39, 0.29) is 0 Å². The number of piperidine rings is 1. The van der Waals surface area contributed by atoms with Crippen LogP contribution < -0.4 is 0 Å². The molecule has 1 aliphatic rings. The lowest BCUT2D eigenvalue weighted by Gasteiger charge is -2.34. The standard InChI is InChI=1S/C21H25N3O2S/c1-15-10-16(2)13-24(12-15)27(25,26)19-8-4-7-18(11-19)20-14-23-9-5-6-17(3)21(23)22-20/h4-9,11,14-16H,10,12-13H2,1-3H3/t15-,16-/m1/s1. The van der Waals surface area contributed by atoms with Crippen LogP contribution in [0.25, 0.3) is 16.9 Å². The average Bonchev–Trinajstić information content (AvgIpc) is 3.07. The topological polar surface area (TPSA) is 54.7 Å². The molecule has 3 aromatic rings. The minimum atomic E-state index is -3.50. The van der Waals surface area contributed by atoms with Crippen LogP contribution in [0.2, 0.25) is 0 Å². The van der Waals surface area contributed by atoms with Crippen LogP contribution in [0.1, 0.15) is 25.8 Å². The second kappa shape index (κ2) is 6.77. The van der Waals surface area contributed by atoms with Crippen LogP contribution in [-0.2, 0) is 10.0 Å². The fourth-order valence-electron chi connectivity index (χ4n) is 4.06. The predicted molar refractivity (Wildman–Crippen MR) is 107 cm³/mol. The van der Waals surface area contributed by atoms with E-state index in [0.29, 0.717) is 29.8 Å². The van der Waals surface area contributed by atoms with E-state index in [1.807, 2.05) is 41.9 Å². The molecule has 0 saturated carbocycles. The van der Waals surface area contributed by atoms with Gasteiger partial charge in [0.05, 0.1) is 10.6 Å². The van der Waals surface area contributed by atoms with Gasteiger partial charge in [0.25, 0.3) is 0 Å². The van der Waals surface area contributed by atoms with E-state index in [9.17, 15) is 8.42 Å². The number of nitrogens with zero attached hydrogens (tertiary/aromatic N) is 3. The minimum absolute atomic E-state index is 0.343. The second-order valence-electron chi connectivity index (χ2n) is 7.84. The normalized spacial score (nSPS) is 21.6. The van der Waals surface area contributed by atoms with Crippen molar-refractivity contribution < 1.29 is 8.42 Å². The van der Waals surface area contributed by atoms with Crippen LogP contribution in [0.5, 0.6) is 0 Å². The van der Waals surface area contributed by atoms with E-state index in [2.05, 4.69) is 13.8 Å². The molecule has 0 bridgehead atoms. The molecule has 1 fully saturated rings. The second-order valence-corrected chi connectivity index (χ2v) is 9.78. The molecule has 27 heavy (non-hydrogen) atoms. The van der Waals surface area contributed by atoms with Crippen molar-refractivity contribution in [3.63, 3.8) is 0 Å². The average molecular weight is 384 g/mol. The Balaban J connectivity index is 1.72. The molecule has 0 N–H and O–H groups in total. The number of aryl methyl sites for hydroxylation is 1. The SMILES string of the molecule is Cc1cccn2cc(-c3cccc(S(=O)(=O)N4C[C@H](C)C[C@@H](C)C4)c3)nc12. The van der Waals surface area contributed by atoms with Crippen molar-refractivity contribution in [2.45, 2.75) is 32.1 Å². The van der Waals surface area contributed by atoms with Crippen molar-refractivity contribution in [1.29, 1.82) is 0 Å². The molecule has 142 valence electrons. The Hall–Kier alpha value is -2.18.